The Labute approximate surface area is 231 Å². The summed E-state index contributed by atoms with van der Waals surface area (Å²) >= 11 is 6.04. The van der Waals surface area contributed by atoms with Crippen molar-refractivity contribution in [1.29, 1.82) is 0 Å². The molecule has 1 saturated carbocycles. The fourth-order valence-electron chi connectivity index (χ4n) is 5.99. The van der Waals surface area contributed by atoms with E-state index in [4.69, 9.17) is 21.1 Å². The minimum atomic E-state index is -4.68. The van der Waals surface area contributed by atoms with Crippen LogP contribution in [-0.4, -0.2) is 44.5 Å². The Bertz CT molecular complexity index is 1370. The van der Waals surface area contributed by atoms with E-state index in [0.717, 1.165) is 48.3 Å². The Morgan fingerprint density at radius 2 is 1.82 bits per heavy atom. The molecule has 212 valence electrons. The second-order valence-electron chi connectivity index (χ2n) is 10.9. The molecule has 2 unspecified atom stereocenters. The molecule has 0 aromatic heterocycles. The number of esters is 1. The highest BCUT2D eigenvalue weighted by atomic mass is 35.5. The molecule has 2 atom stereocenters. The van der Waals surface area contributed by atoms with Gasteiger partial charge in [0, 0.05) is 25.9 Å². The number of nitrogens with zero attached hydrogens (tertiary/aromatic N) is 1. The molecule has 39 heavy (non-hydrogen) atoms. The molecule has 2 aliphatic heterocycles. The van der Waals surface area contributed by atoms with Crippen LogP contribution in [0.25, 0.3) is 0 Å². The number of aryl methyl sites for hydroxylation is 1. The SMILES string of the molecule is COC(=O)C(C)C(c1ccc2c(c1)OC1(CC2)CCN(S(=O)(=O)c2cc(C(F)(F)F)ccc2Cl)CC1)C1CC1. The zero-order chi connectivity index (χ0) is 28.2. The van der Waals surface area contributed by atoms with Crippen LogP contribution in [0.15, 0.2) is 41.3 Å². The molecule has 0 radical (unpaired) electrons. The molecule has 0 N–H and O–H groups in total. The summed E-state index contributed by atoms with van der Waals surface area (Å²) in [5.41, 5.74) is 0.465. The molecule has 2 aromatic rings. The van der Waals surface area contributed by atoms with Gasteiger partial charge in [-0.15, -0.1) is 0 Å². The number of fused-ring (bicyclic) bond motifs is 1. The van der Waals surface area contributed by atoms with Gasteiger partial charge in [0.05, 0.1) is 23.6 Å². The van der Waals surface area contributed by atoms with Gasteiger partial charge < -0.3 is 9.47 Å². The lowest BCUT2D eigenvalue weighted by Crippen LogP contribution is -2.51. The highest BCUT2D eigenvalue weighted by molar-refractivity contribution is 7.89. The first kappa shape index (κ1) is 28.2. The fraction of sp³-hybridized carbons (Fsp3) is 0.536. The molecule has 2 aromatic carbocycles. The normalized spacial score (nSPS) is 21.1. The van der Waals surface area contributed by atoms with Crippen LogP contribution in [0.3, 0.4) is 0 Å². The Morgan fingerprint density at radius 3 is 2.44 bits per heavy atom. The molecule has 0 amide bonds. The van der Waals surface area contributed by atoms with Gasteiger partial charge in [0.25, 0.3) is 0 Å². The van der Waals surface area contributed by atoms with Crippen LogP contribution >= 0.6 is 11.6 Å². The molecular formula is C28H31ClF3NO5S. The zero-order valence-electron chi connectivity index (χ0n) is 21.8. The van der Waals surface area contributed by atoms with Gasteiger partial charge in [0.1, 0.15) is 16.2 Å². The van der Waals surface area contributed by atoms with E-state index in [9.17, 15) is 26.4 Å². The second-order valence-corrected chi connectivity index (χ2v) is 13.2. The van der Waals surface area contributed by atoms with Crippen LogP contribution in [0.2, 0.25) is 5.02 Å². The van der Waals surface area contributed by atoms with Crippen molar-refractivity contribution in [3.63, 3.8) is 0 Å². The van der Waals surface area contributed by atoms with Crippen LogP contribution in [-0.2, 0) is 32.2 Å². The number of benzene rings is 2. The molecule has 2 heterocycles. The van der Waals surface area contributed by atoms with Crippen LogP contribution in [0.5, 0.6) is 5.75 Å². The molecule has 5 rings (SSSR count). The lowest BCUT2D eigenvalue weighted by atomic mass is 9.80. The largest absolute Gasteiger partial charge is 0.487 e. The third-order valence-corrected chi connectivity index (χ3v) is 10.8. The predicted molar refractivity (Wildman–Crippen MR) is 139 cm³/mol. The van der Waals surface area contributed by atoms with Crippen LogP contribution < -0.4 is 4.74 Å². The van der Waals surface area contributed by atoms with Gasteiger partial charge in [-0.3, -0.25) is 4.79 Å². The van der Waals surface area contributed by atoms with Crippen molar-refractivity contribution in [2.75, 3.05) is 20.2 Å². The first-order valence-electron chi connectivity index (χ1n) is 13.1. The van der Waals surface area contributed by atoms with Gasteiger partial charge >= 0.3 is 12.1 Å². The second kappa shape index (κ2) is 10.3. The molecule has 11 heteroatoms. The number of hydrogen-bond acceptors (Lipinski definition) is 5. The van der Waals surface area contributed by atoms with Gasteiger partial charge in [-0.05, 0) is 72.9 Å². The smallest absolute Gasteiger partial charge is 0.416 e. The van der Waals surface area contributed by atoms with E-state index in [1.165, 1.54) is 11.4 Å². The van der Waals surface area contributed by atoms with E-state index in [-0.39, 0.29) is 35.9 Å². The third kappa shape index (κ3) is 5.52. The Balaban J connectivity index is 1.33. The average molecular weight is 586 g/mol. The Hall–Kier alpha value is -2.30. The topological polar surface area (TPSA) is 72.9 Å². The highest BCUT2D eigenvalue weighted by Crippen LogP contribution is 2.49. The van der Waals surface area contributed by atoms with Gasteiger partial charge in [0.2, 0.25) is 10.0 Å². The number of hydrogen-bond donors (Lipinski definition) is 0. The van der Waals surface area contributed by atoms with Crippen molar-refractivity contribution in [3.05, 3.63) is 58.1 Å². The molecule has 1 saturated heterocycles. The number of methoxy groups -OCH3 is 1. The molecular weight excluding hydrogens is 555 g/mol. The van der Waals surface area contributed by atoms with E-state index in [0.29, 0.717) is 31.2 Å². The van der Waals surface area contributed by atoms with E-state index < -0.39 is 32.3 Å². The summed E-state index contributed by atoms with van der Waals surface area (Å²) in [6.07, 6.45) is -0.281. The minimum Gasteiger partial charge on any atom is -0.487 e. The lowest BCUT2D eigenvalue weighted by molar-refractivity contribution is -0.145. The van der Waals surface area contributed by atoms with Crippen LogP contribution in [0, 0.1) is 11.8 Å². The number of halogens is 4. The summed E-state index contributed by atoms with van der Waals surface area (Å²) in [6, 6.07) is 8.47. The van der Waals surface area contributed by atoms with E-state index in [1.54, 1.807) is 0 Å². The summed E-state index contributed by atoms with van der Waals surface area (Å²) in [7, 11) is -2.83. The molecule has 0 bridgehead atoms. The molecule has 6 nitrogen and oxygen atoms in total. The Morgan fingerprint density at radius 1 is 1.13 bits per heavy atom. The first-order chi connectivity index (χ1) is 18.3. The number of piperidine rings is 1. The fourth-order valence-corrected chi connectivity index (χ4v) is 7.93. The lowest BCUT2D eigenvalue weighted by Gasteiger charge is -2.44. The van der Waals surface area contributed by atoms with Crippen molar-refractivity contribution < 1.29 is 35.9 Å². The molecule has 1 aliphatic carbocycles. The monoisotopic (exact) mass is 585 g/mol. The Kier molecular flexibility index (Phi) is 7.43. The molecule has 2 fully saturated rings. The van der Waals surface area contributed by atoms with Crippen molar-refractivity contribution in [3.8, 4) is 5.75 Å². The summed E-state index contributed by atoms with van der Waals surface area (Å²) in [5, 5.41) is -0.245. The van der Waals surface area contributed by atoms with Crippen molar-refractivity contribution in [1.82, 2.24) is 4.31 Å². The van der Waals surface area contributed by atoms with Crippen molar-refractivity contribution in [2.24, 2.45) is 11.8 Å². The molecule has 1 spiro atoms. The molecule has 3 aliphatic rings. The summed E-state index contributed by atoms with van der Waals surface area (Å²) in [4.78, 5) is 11.8. The van der Waals surface area contributed by atoms with Crippen LogP contribution in [0.4, 0.5) is 13.2 Å². The summed E-state index contributed by atoms with van der Waals surface area (Å²) < 4.78 is 79.0. The minimum absolute atomic E-state index is 0.0356. The number of rotatable bonds is 6. The van der Waals surface area contributed by atoms with Crippen molar-refractivity contribution in [2.45, 2.75) is 68.0 Å². The quantitative estimate of drug-likeness (QED) is 0.377. The van der Waals surface area contributed by atoms with E-state index in [2.05, 4.69) is 6.07 Å². The number of carbonyl (C=O) groups excluding carboxylic acids is 1. The maximum Gasteiger partial charge on any atom is 0.416 e. The highest BCUT2D eigenvalue weighted by Gasteiger charge is 2.44. The maximum absolute atomic E-state index is 13.3. The third-order valence-electron chi connectivity index (χ3n) is 8.40. The summed E-state index contributed by atoms with van der Waals surface area (Å²) in [5.74, 6) is 0.684. The number of sulfonamides is 1. The van der Waals surface area contributed by atoms with E-state index in [1.807, 2.05) is 19.1 Å². The standard InChI is InChI=1S/C28H31ClF3NO5S/c1-17(26(34)37-2)25(19-4-5-19)20-6-3-18-9-10-27(38-23(18)15-20)11-13-33(14-12-27)39(35,36)24-16-21(28(30,31)32)7-8-22(24)29/h3,6-8,15-17,19,25H,4-5,9-14H2,1-2H3. The number of ether oxygens (including phenoxy) is 2. The predicted octanol–water partition coefficient (Wildman–Crippen LogP) is 6.21. The average Bonchev–Trinajstić information content (AvgIpc) is 3.73. The van der Waals surface area contributed by atoms with Gasteiger partial charge in [-0.1, -0.05) is 30.7 Å². The van der Waals surface area contributed by atoms with E-state index >= 15 is 0 Å². The van der Waals surface area contributed by atoms with Crippen molar-refractivity contribution >= 4 is 27.6 Å². The van der Waals surface area contributed by atoms with Gasteiger partial charge in [0.15, 0.2) is 0 Å². The number of alkyl halides is 3. The zero-order valence-corrected chi connectivity index (χ0v) is 23.3. The maximum atomic E-state index is 13.3. The number of carbonyl (C=O) groups is 1. The first-order valence-corrected chi connectivity index (χ1v) is 14.9. The van der Waals surface area contributed by atoms with Crippen LogP contribution in [0.1, 0.15) is 61.6 Å². The van der Waals surface area contributed by atoms with Gasteiger partial charge in [-0.25, -0.2) is 8.42 Å². The summed E-state index contributed by atoms with van der Waals surface area (Å²) in [6.45, 7) is 2.10. The van der Waals surface area contributed by atoms with Gasteiger partial charge in [-0.2, -0.15) is 17.5 Å².